The summed E-state index contributed by atoms with van der Waals surface area (Å²) in [7, 11) is 1.58. The van der Waals surface area contributed by atoms with Crippen LogP contribution in [0.3, 0.4) is 0 Å². The highest BCUT2D eigenvalue weighted by Gasteiger charge is 2.35. The smallest absolute Gasteiger partial charge is 0.274 e. The number of nitrogens with zero attached hydrogens (tertiary/aromatic N) is 2. The second-order valence-electron chi connectivity index (χ2n) is 3.68. The van der Waals surface area contributed by atoms with E-state index < -0.39 is 0 Å². The zero-order valence-corrected chi connectivity index (χ0v) is 8.86. The first kappa shape index (κ1) is 9.29. The van der Waals surface area contributed by atoms with Gasteiger partial charge in [0.2, 0.25) is 0 Å². The number of nitrogens with one attached hydrogen (secondary N) is 2. The molecule has 3 aliphatic heterocycles. The number of amides is 1. The Bertz CT molecular complexity index is 438. The maximum Gasteiger partial charge on any atom is 0.274 e. The minimum absolute atomic E-state index is 0.105. The Kier molecular flexibility index (Phi) is 1.90. The van der Waals surface area contributed by atoms with Crippen molar-refractivity contribution in [2.24, 2.45) is 0 Å². The van der Waals surface area contributed by atoms with Gasteiger partial charge in [-0.15, -0.1) is 0 Å². The highest BCUT2D eigenvalue weighted by Crippen LogP contribution is 2.26. The first-order chi connectivity index (χ1) is 7.79. The van der Waals surface area contributed by atoms with E-state index in [1.165, 1.54) is 0 Å². The van der Waals surface area contributed by atoms with Crippen LogP contribution in [0.25, 0.3) is 0 Å². The molecular weight excluding hydrogens is 208 g/mol. The number of fused-ring (bicyclic) bond motifs is 2. The molecule has 3 aliphatic rings. The minimum Gasteiger partial charge on any atom is -0.366 e. The molecule has 3 heterocycles. The molecule has 0 saturated heterocycles. The average molecular weight is 220 g/mol. The van der Waals surface area contributed by atoms with Crippen molar-refractivity contribution in [2.75, 3.05) is 20.3 Å². The maximum absolute atomic E-state index is 11.8. The number of hydrogen-bond donors (Lipinski definition) is 2. The van der Waals surface area contributed by atoms with Gasteiger partial charge in [-0.1, -0.05) is 6.08 Å². The Hall–Kier alpha value is -1.95. The largest absolute Gasteiger partial charge is 0.366 e. The van der Waals surface area contributed by atoms with Crippen molar-refractivity contribution in [1.29, 1.82) is 0 Å². The van der Waals surface area contributed by atoms with E-state index in [-0.39, 0.29) is 5.91 Å². The van der Waals surface area contributed by atoms with Crippen LogP contribution in [0.5, 0.6) is 0 Å². The summed E-state index contributed by atoms with van der Waals surface area (Å²) < 4.78 is 0. The molecule has 0 atom stereocenters. The molecule has 0 spiro atoms. The monoisotopic (exact) mass is 220 g/mol. The molecule has 0 aliphatic carbocycles. The Morgan fingerprint density at radius 3 is 3.19 bits per heavy atom. The Balaban J connectivity index is 2.00. The number of hydroxylamine groups is 2. The molecule has 3 rings (SSSR count). The average Bonchev–Trinajstić information content (AvgIpc) is 2.74. The van der Waals surface area contributed by atoms with Gasteiger partial charge >= 0.3 is 0 Å². The summed E-state index contributed by atoms with van der Waals surface area (Å²) in [5, 5.41) is 7.69. The van der Waals surface area contributed by atoms with Crippen LogP contribution in [0.2, 0.25) is 0 Å². The van der Waals surface area contributed by atoms with Crippen LogP contribution < -0.4 is 10.6 Å². The van der Waals surface area contributed by atoms with Crippen LogP contribution >= 0.6 is 0 Å². The van der Waals surface area contributed by atoms with Gasteiger partial charge in [0.1, 0.15) is 18.2 Å². The zero-order valence-electron chi connectivity index (χ0n) is 8.86. The van der Waals surface area contributed by atoms with E-state index in [9.17, 15) is 4.79 Å². The Labute approximate surface area is 92.8 Å². The van der Waals surface area contributed by atoms with Crippen molar-refractivity contribution in [3.05, 3.63) is 35.6 Å². The van der Waals surface area contributed by atoms with Gasteiger partial charge in [-0.05, 0) is 6.08 Å². The molecule has 0 radical (unpaired) electrons. The number of hydrogen-bond acceptors (Lipinski definition) is 5. The summed E-state index contributed by atoms with van der Waals surface area (Å²) in [5.74, 6) is 0.819. The molecule has 0 bridgehead atoms. The maximum atomic E-state index is 11.8. The molecule has 0 aromatic rings. The number of allylic oxidation sites excluding steroid dienone is 1. The summed E-state index contributed by atoms with van der Waals surface area (Å²) >= 11 is 0. The predicted octanol–water partition coefficient (Wildman–Crippen LogP) is -0.577. The fraction of sp³-hybridized carbons (Fsp3) is 0.300. The molecule has 84 valence electrons. The lowest BCUT2D eigenvalue weighted by Crippen LogP contribution is -2.45. The topological polar surface area (TPSA) is 56.8 Å². The van der Waals surface area contributed by atoms with Crippen molar-refractivity contribution < 1.29 is 9.63 Å². The SMILES string of the molecule is CON1C=C2C(=O)NC3=C(NCC=C3)N2C1. The molecule has 0 aromatic carbocycles. The highest BCUT2D eigenvalue weighted by molar-refractivity contribution is 5.96. The fourth-order valence-corrected chi connectivity index (χ4v) is 1.98. The van der Waals surface area contributed by atoms with E-state index >= 15 is 0 Å². The van der Waals surface area contributed by atoms with E-state index in [4.69, 9.17) is 4.84 Å². The summed E-state index contributed by atoms with van der Waals surface area (Å²) in [6.45, 7) is 1.30. The van der Waals surface area contributed by atoms with Crippen LogP contribution in [0.15, 0.2) is 35.6 Å². The Morgan fingerprint density at radius 2 is 2.38 bits per heavy atom. The third kappa shape index (κ3) is 1.20. The number of carbonyl (C=O) groups excluding carboxylic acids is 1. The van der Waals surface area contributed by atoms with Gasteiger partial charge in [0, 0.05) is 6.54 Å². The minimum atomic E-state index is -0.105. The third-order valence-electron chi connectivity index (χ3n) is 2.75. The second kappa shape index (κ2) is 3.28. The molecule has 2 N–H and O–H groups in total. The second-order valence-corrected chi connectivity index (χ2v) is 3.68. The van der Waals surface area contributed by atoms with E-state index in [1.54, 1.807) is 18.4 Å². The summed E-state index contributed by atoms with van der Waals surface area (Å²) in [6.07, 6.45) is 5.58. The van der Waals surface area contributed by atoms with E-state index in [0.29, 0.717) is 12.4 Å². The lowest BCUT2D eigenvalue weighted by molar-refractivity contribution is -0.119. The molecule has 0 unspecified atom stereocenters. The lowest BCUT2D eigenvalue weighted by Gasteiger charge is -2.32. The molecule has 16 heavy (non-hydrogen) atoms. The number of rotatable bonds is 1. The number of dihydropyridines is 1. The van der Waals surface area contributed by atoms with Gasteiger partial charge in [0.15, 0.2) is 0 Å². The van der Waals surface area contributed by atoms with Crippen molar-refractivity contribution in [3.8, 4) is 0 Å². The highest BCUT2D eigenvalue weighted by atomic mass is 16.7. The third-order valence-corrected chi connectivity index (χ3v) is 2.75. The first-order valence-electron chi connectivity index (χ1n) is 5.06. The van der Waals surface area contributed by atoms with Crippen LogP contribution in [0, 0.1) is 0 Å². The van der Waals surface area contributed by atoms with Crippen molar-refractivity contribution >= 4 is 5.91 Å². The van der Waals surface area contributed by atoms with Crippen LogP contribution in [-0.4, -0.2) is 36.2 Å². The molecule has 0 saturated carbocycles. The predicted molar refractivity (Wildman–Crippen MR) is 55.9 cm³/mol. The van der Waals surface area contributed by atoms with Crippen molar-refractivity contribution in [2.45, 2.75) is 0 Å². The standard InChI is InChI=1S/C10H12N4O2/c1-16-13-5-8-10(15)12-7-3-2-4-11-9(7)14(8)6-13/h2-3,5,11H,4,6H2,1H3,(H,12,15). The van der Waals surface area contributed by atoms with Crippen LogP contribution in [0.4, 0.5) is 0 Å². The van der Waals surface area contributed by atoms with Gasteiger partial charge in [0.25, 0.3) is 5.91 Å². The van der Waals surface area contributed by atoms with Gasteiger partial charge < -0.3 is 10.6 Å². The van der Waals surface area contributed by atoms with Gasteiger partial charge in [-0.25, -0.2) is 5.06 Å². The quantitative estimate of drug-likeness (QED) is 0.619. The molecule has 6 nitrogen and oxygen atoms in total. The normalized spacial score (nSPS) is 22.6. The van der Waals surface area contributed by atoms with Crippen molar-refractivity contribution in [1.82, 2.24) is 20.6 Å². The molecular formula is C10H12N4O2. The van der Waals surface area contributed by atoms with Crippen molar-refractivity contribution in [3.63, 3.8) is 0 Å². The number of carbonyl (C=O) groups is 1. The van der Waals surface area contributed by atoms with E-state index in [0.717, 1.165) is 18.1 Å². The molecule has 6 heteroatoms. The van der Waals surface area contributed by atoms with E-state index in [2.05, 4.69) is 10.6 Å². The van der Waals surface area contributed by atoms with Crippen LogP contribution in [-0.2, 0) is 9.63 Å². The molecule has 0 aromatic heterocycles. The lowest BCUT2D eigenvalue weighted by atomic mass is 10.2. The first-order valence-corrected chi connectivity index (χ1v) is 5.06. The zero-order chi connectivity index (χ0) is 11.1. The Morgan fingerprint density at radius 1 is 1.50 bits per heavy atom. The molecule has 1 amide bonds. The van der Waals surface area contributed by atoms with Gasteiger partial charge in [-0.3, -0.25) is 14.5 Å². The fourth-order valence-electron chi connectivity index (χ4n) is 1.98. The van der Waals surface area contributed by atoms with Gasteiger partial charge in [-0.2, -0.15) is 0 Å². The van der Waals surface area contributed by atoms with Crippen LogP contribution in [0.1, 0.15) is 0 Å². The van der Waals surface area contributed by atoms with Gasteiger partial charge in [0.05, 0.1) is 19.0 Å². The summed E-state index contributed by atoms with van der Waals surface area (Å²) in [4.78, 5) is 18.8. The molecule has 0 fully saturated rings. The summed E-state index contributed by atoms with van der Waals surface area (Å²) in [5.41, 5.74) is 1.41. The van der Waals surface area contributed by atoms with E-state index in [1.807, 2.05) is 17.1 Å². The summed E-state index contributed by atoms with van der Waals surface area (Å²) in [6, 6.07) is 0.